The van der Waals surface area contributed by atoms with Crippen LogP contribution in [0.2, 0.25) is 0 Å². The van der Waals surface area contributed by atoms with Crippen LogP contribution in [0.1, 0.15) is 11.6 Å². The van der Waals surface area contributed by atoms with Crippen molar-refractivity contribution in [3.8, 4) is 0 Å². The average Bonchev–Trinajstić information content (AvgIpc) is 2.09. The molecule has 1 heterocycles. The number of hydrogen-bond donors (Lipinski definition) is 1. The lowest BCUT2D eigenvalue weighted by Crippen LogP contribution is -2.17. The molecule has 0 aliphatic rings. The van der Waals surface area contributed by atoms with Crippen molar-refractivity contribution in [3.63, 3.8) is 0 Å². The predicted octanol–water partition coefficient (Wildman–Crippen LogP) is 1.31. The Balaban J connectivity index is 2.74. The maximum atomic E-state index is 12.3. The molecule has 0 saturated heterocycles. The van der Waals surface area contributed by atoms with Gasteiger partial charge < -0.3 is 5.32 Å². The first-order chi connectivity index (χ1) is 5.38. The van der Waals surface area contributed by atoms with Crippen molar-refractivity contribution in [1.29, 1.82) is 0 Å². The number of halogens is 1. The highest BCUT2D eigenvalue weighted by Gasteiger charge is 2.06. The topological polar surface area (TPSA) is 24.9 Å². The lowest BCUT2D eigenvalue weighted by Gasteiger charge is -2.10. The van der Waals surface area contributed by atoms with Crippen LogP contribution in [0.15, 0.2) is 24.5 Å². The molecule has 0 spiro atoms. The van der Waals surface area contributed by atoms with Gasteiger partial charge in [0.2, 0.25) is 0 Å². The van der Waals surface area contributed by atoms with Crippen molar-refractivity contribution >= 4 is 0 Å². The van der Waals surface area contributed by atoms with Gasteiger partial charge in [0.15, 0.2) is 0 Å². The predicted molar refractivity (Wildman–Crippen MR) is 42.0 cm³/mol. The smallest absolute Gasteiger partial charge is 0.109 e. The van der Waals surface area contributed by atoms with E-state index >= 15 is 0 Å². The first-order valence-corrected chi connectivity index (χ1v) is 3.51. The number of nitrogens with zero attached hydrogens (tertiary/aromatic N) is 1. The van der Waals surface area contributed by atoms with E-state index in [1.54, 1.807) is 25.5 Å². The third kappa shape index (κ3) is 1.98. The summed E-state index contributed by atoms with van der Waals surface area (Å²) in [5.41, 5.74) is 0.887. The summed E-state index contributed by atoms with van der Waals surface area (Å²) in [4.78, 5) is 3.89. The van der Waals surface area contributed by atoms with Gasteiger partial charge in [0.25, 0.3) is 0 Å². The van der Waals surface area contributed by atoms with Gasteiger partial charge in [-0.1, -0.05) is 6.07 Å². The highest BCUT2D eigenvalue weighted by molar-refractivity contribution is 5.13. The Labute approximate surface area is 65.5 Å². The van der Waals surface area contributed by atoms with Gasteiger partial charge in [0.1, 0.15) is 6.67 Å². The van der Waals surface area contributed by atoms with Crippen molar-refractivity contribution in [2.24, 2.45) is 0 Å². The molecule has 0 fully saturated rings. The fraction of sp³-hybridized carbons (Fsp3) is 0.375. The minimum absolute atomic E-state index is 0.219. The third-order valence-corrected chi connectivity index (χ3v) is 1.59. The van der Waals surface area contributed by atoms with Crippen LogP contribution in [-0.4, -0.2) is 18.7 Å². The zero-order valence-corrected chi connectivity index (χ0v) is 6.42. The van der Waals surface area contributed by atoms with Gasteiger partial charge in [-0.2, -0.15) is 0 Å². The molecule has 11 heavy (non-hydrogen) atoms. The van der Waals surface area contributed by atoms with E-state index in [0.717, 1.165) is 5.56 Å². The molecular weight excluding hydrogens is 143 g/mol. The molecule has 0 aromatic carbocycles. The summed E-state index contributed by atoms with van der Waals surface area (Å²) in [6, 6.07) is 3.44. The monoisotopic (exact) mass is 154 g/mol. The average molecular weight is 154 g/mol. The van der Waals surface area contributed by atoms with E-state index in [4.69, 9.17) is 0 Å². The van der Waals surface area contributed by atoms with Crippen LogP contribution >= 0.6 is 0 Å². The Kier molecular flexibility index (Phi) is 2.98. The van der Waals surface area contributed by atoms with E-state index in [-0.39, 0.29) is 6.04 Å². The van der Waals surface area contributed by atoms with E-state index < -0.39 is 6.67 Å². The maximum Gasteiger partial charge on any atom is 0.109 e. The summed E-state index contributed by atoms with van der Waals surface area (Å²) in [5.74, 6) is 0. The summed E-state index contributed by atoms with van der Waals surface area (Å²) in [7, 11) is 1.73. The van der Waals surface area contributed by atoms with E-state index in [2.05, 4.69) is 10.3 Å². The first-order valence-electron chi connectivity index (χ1n) is 3.51. The molecule has 0 saturated carbocycles. The number of hydrogen-bond acceptors (Lipinski definition) is 2. The van der Waals surface area contributed by atoms with E-state index in [1.807, 2.05) is 6.07 Å². The molecule has 1 aromatic heterocycles. The Morgan fingerprint density at radius 3 is 3.00 bits per heavy atom. The second kappa shape index (κ2) is 4.03. The summed E-state index contributed by atoms with van der Waals surface area (Å²) >= 11 is 0. The van der Waals surface area contributed by atoms with E-state index in [1.165, 1.54) is 0 Å². The van der Waals surface area contributed by atoms with Crippen LogP contribution in [0, 0.1) is 0 Å². The molecule has 2 nitrogen and oxygen atoms in total. The van der Waals surface area contributed by atoms with E-state index in [0.29, 0.717) is 0 Å². The molecule has 0 aliphatic carbocycles. The zero-order chi connectivity index (χ0) is 8.10. The van der Waals surface area contributed by atoms with Crippen molar-refractivity contribution in [2.45, 2.75) is 6.04 Å². The third-order valence-electron chi connectivity index (χ3n) is 1.59. The normalized spacial score (nSPS) is 12.9. The standard InChI is InChI=1S/C8H11FN2/c1-10-8(5-9)7-3-2-4-11-6-7/h2-4,6,8,10H,5H2,1H3. The van der Waals surface area contributed by atoms with Crippen LogP contribution in [0.5, 0.6) is 0 Å². The molecule has 60 valence electrons. The molecule has 0 radical (unpaired) electrons. The fourth-order valence-corrected chi connectivity index (χ4v) is 0.915. The molecular formula is C8H11FN2. The summed E-state index contributed by atoms with van der Waals surface area (Å²) < 4.78 is 12.3. The van der Waals surface area contributed by atoms with Crippen LogP contribution in [0.4, 0.5) is 4.39 Å². The molecule has 1 rings (SSSR count). The highest BCUT2D eigenvalue weighted by atomic mass is 19.1. The SMILES string of the molecule is CNC(CF)c1cccnc1. The molecule has 0 aliphatic heterocycles. The van der Waals surface area contributed by atoms with Gasteiger partial charge in [-0.3, -0.25) is 4.98 Å². The van der Waals surface area contributed by atoms with Gasteiger partial charge >= 0.3 is 0 Å². The molecule has 0 bridgehead atoms. The van der Waals surface area contributed by atoms with Crippen molar-refractivity contribution in [1.82, 2.24) is 10.3 Å². The fourth-order valence-electron chi connectivity index (χ4n) is 0.915. The summed E-state index contributed by atoms with van der Waals surface area (Å²) in [5, 5.41) is 2.85. The highest BCUT2D eigenvalue weighted by Crippen LogP contribution is 2.09. The molecule has 1 atom stereocenters. The zero-order valence-electron chi connectivity index (χ0n) is 6.42. The van der Waals surface area contributed by atoms with Gasteiger partial charge in [-0.05, 0) is 18.7 Å². The second-order valence-corrected chi connectivity index (χ2v) is 2.28. The lowest BCUT2D eigenvalue weighted by molar-refractivity contribution is 0.399. The quantitative estimate of drug-likeness (QED) is 0.710. The van der Waals surface area contributed by atoms with Crippen molar-refractivity contribution in [3.05, 3.63) is 30.1 Å². The van der Waals surface area contributed by atoms with Gasteiger partial charge in [-0.25, -0.2) is 4.39 Å². The Morgan fingerprint density at radius 2 is 2.55 bits per heavy atom. The number of nitrogens with one attached hydrogen (secondary N) is 1. The number of rotatable bonds is 3. The second-order valence-electron chi connectivity index (χ2n) is 2.28. The Morgan fingerprint density at radius 1 is 1.73 bits per heavy atom. The van der Waals surface area contributed by atoms with Gasteiger partial charge in [-0.15, -0.1) is 0 Å². The molecule has 3 heteroatoms. The number of aromatic nitrogens is 1. The van der Waals surface area contributed by atoms with Crippen LogP contribution in [0.25, 0.3) is 0 Å². The summed E-state index contributed by atoms with van der Waals surface area (Å²) in [6.07, 6.45) is 3.34. The molecule has 1 aromatic rings. The minimum atomic E-state index is -0.401. The van der Waals surface area contributed by atoms with E-state index in [9.17, 15) is 4.39 Å². The van der Waals surface area contributed by atoms with Crippen LogP contribution in [0.3, 0.4) is 0 Å². The largest absolute Gasteiger partial charge is 0.311 e. The van der Waals surface area contributed by atoms with Crippen molar-refractivity contribution in [2.75, 3.05) is 13.7 Å². The summed E-state index contributed by atoms with van der Waals surface area (Å²) in [6.45, 7) is -0.401. The molecule has 1 N–H and O–H groups in total. The Hall–Kier alpha value is -0.960. The van der Waals surface area contributed by atoms with Crippen LogP contribution < -0.4 is 5.32 Å². The van der Waals surface area contributed by atoms with Gasteiger partial charge in [0, 0.05) is 12.4 Å². The number of alkyl halides is 1. The lowest BCUT2D eigenvalue weighted by atomic mass is 10.1. The van der Waals surface area contributed by atoms with Crippen molar-refractivity contribution < 1.29 is 4.39 Å². The first kappa shape index (κ1) is 8.14. The molecule has 1 unspecified atom stereocenters. The minimum Gasteiger partial charge on any atom is -0.311 e. The number of pyridine rings is 1. The Bertz CT molecular complexity index is 197. The van der Waals surface area contributed by atoms with Gasteiger partial charge in [0.05, 0.1) is 6.04 Å². The molecule has 0 amide bonds. The van der Waals surface area contributed by atoms with Crippen LogP contribution in [-0.2, 0) is 0 Å². The maximum absolute atomic E-state index is 12.3.